The van der Waals surface area contributed by atoms with Gasteiger partial charge in [-0.05, 0) is 69.4 Å². The molecule has 134 valence electrons. The highest BCUT2D eigenvalue weighted by Gasteiger charge is 2.21. The molecule has 0 bridgehead atoms. The van der Waals surface area contributed by atoms with Gasteiger partial charge in [-0.1, -0.05) is 42.8 Å². The van der Waals surface area contributed by atoms with Crippen molar-refractivity contribution in [2.45, 2.75) is 60.1 Å². The maximum atomic E-state index is 12.6. The summed E-state index contributed by atoms with van der Waals surface area (Å²) in [6, 6.07) is 12.4. The molecule has 1 amide bonds. The molecule has 0 aliphatic heterocycles. The Morgan fingerprint density at radius 1 is 1.00 bits per heavy atom. The molecular formula is C22H29NO2. The molecule has 0 saturated heterocycles. The highest BCUT2D eigenvalue weighted by molar-refractivity contribution is 5.81. The second-order valence-corrected chi connectivity index (χ2v) is 6.86. The van der Waals surface area contributed by atoms with Gasteiger partial charge in [-0.3, -0.25) is 4.79 Å². The van der Waals surface area contributed by atoms with Gasteiger partial charge >= 0.3 is 0 Å². The normalized spacial score (nSPS) is 13.2. The van der Waals surface area contributed by atoms with Crippen molar-refractivity contribution in [1.82, 2.24) is 5.32 Å². The smallest absolute Gasteiger partial charge is 0.261 e. The lowest BCUT2D eigenvalue weighted by Crippen LogP contribution is -2.38. The lowest BCUT2D eigenvalue weighted by molar-refractivity contribution is -0.128. The van der Waals surface area contributed by atoms with Crippen molar-refractivity contribution < 1.29 is 9.53 Å². The Hall–Kier alpha value is -2.29. The summed E-state index contributed by atoms with van der Waals surface area (Å²) in [6.45, 7) is 12.1. The maximum Gasteiger partial charge on any atom is 0.261 e. The van der Waals surface area contributed by atoms with Crippen molar-refractivity contribution in [1.29, 1.82) is 0 Å². The molecule has 2 rings (SSSR count). The molecule has 0 aromatic heterocycles. The van der Waals surface area contributed by atoms with Crippen LogP contribution in [0.2, 0.25) is 0 Å². The number of aryl methyl sites for hydroxylation is 4. The molecule has 0 heterocycles. The number of rotatable bonds is 6. The molecule has 2 atom stereocenters. The Morgan fingerprint density at radius 2 is 1.64 bits per heavy atom. The molecule has 25 heavy (non-hydrogen) atoms. The number of hydrogen-bond donors (Lipinski definition) is 1. The van der Waals surface area contributed by atoms with E-state index in [4.69, 9.17) is 4.74 Å². The third-order valence-electron chi connectivity index (χ3n) is 4.54. The molecule has 0 unspecified atom stereocenters. The van der Waals surface area contributed by atoms with Gasteiger partial charge in [-0.25, -0.2) is 0 Å². The average Bonchev–Trinajstić information content (AvgIpc) is 2.56. The van der Waals surface area contributed by atoms with Crippen molar-refractivity contribution in [3.63, 3.8) is 0 Å². The van der Waals surface area contributed by atoms with Crippen LogP contribution >= 0.6 is 0 Å². The molecule has 0 aliphatic rings. The first-order valence-corrected chi connectivity index (χ1v) is 8.93. The van der Waals surface area contributed by atoms with E-state index in [0.717, 1.165) is 23.3 Å². The number of ether oxygens (including phenoxy) is 1. The van der Waals surface area contributed by atoms with Gasteiger partial charge in [0, 0.05) is 0 Å². The molecule has 0 radical (unpaired) electrons. The fourth-order valence-electron chi connectivity index (χ4n) is 2.98. The van der Waals surface area contributed by atoms with Gasteiger partial charge < -0.3 is 10.1 Å². The minimum atomic E-state index is -0.541. The molecule has 1 N–H and O–H groups in total. The van der Waals surface area contributed by atoms with Gasteiger partial charge in [0.1, 0.15) is 5.75 Å². The first-order valence-electron chi connectivity index (χ1n) is 8.93. The van der Waals surface area contributed by atoms with Crippen LogP contribution in [0.3, 0.4) is 0 Å². The summed E-state index contributed by atoms with van der Waals surface area (Å²) >= 11 is 0. The standard InChI is InChI=1S/C22H29NO2/c1-7-20(19-11-9-14(2)12-17(19)5)23-22(24)18(6)25-21-13-15(3)8-10-16(21)4/h8-13,18,20H,7H2,1-6H3,(H,23,24)/t18-,20+/m1/s1. The highest BCUT2D eigenvalue weighted by Crippen LogP contribution is 2.23. The van der Waals surface area contributed by atoms with Gasteiger partial charge in [0.05, 0.1) is 6.04 Å². The Labute approximate surface area is 151 Å². The van der Waals surface area contributed by atoms with E-state index in [9.17, 15) is 4.79 Å². The first kappa shape index (κ1) is 19.0. The number of carbonyl (C=O) groups excluding carboxylic acids is 1. The summed E-state index contributed by atoms with van der Waals surface area (Å²) in [7, 11) is 0. The highest BCUT2D eigenvalue weighted by atomic mass is 16.5. The van der Waals surface area contributed by atoms with Crippen molar-refractivity contribution in [2.75, 3.05) is 0 Å². The summed E-state index contributed by atoms with van der Waals surface area (Å²) in [5, 5.41) is 3.13. The zero-order chi connectivity index (χ0) is 18.6. The van der Waals surface area contributed by atoms with Gasteiger partial charge in [-0.15, -0.1) is 0 Å². The van der Waals surface area contributed by atoms with E-state index in [0.29, 0.717) is 0 Å². The third-order valence-corrected chi connectivity index (χ3v) is 4.54. The van der Waals surface area contributed by atoms with E-state index in [-0.39, 0.29) is 11.9 Å². The molecule has 3 heteroatoms. The Bertz CT molecular complexity index is 752. The number of benzene rings is 2. The van der Waals surface area contributed by atoms with Crippen LogP contribution in [0.5, 0.6) is 5.75 Å². The molecular weight excluding hydrogens is 310 g/mol. The van der Waals surface area contributed by atoms with Crippen molar-refractivity contribution in [3.05, 3.63) is 64.2 Å². The van der Waals surface area contributed by atoms with Crippen molar-refractivity contribution >= 4 is 5.91 Å². The zero-order valence-electron chi connectivity index (χ0n) is 16.1. The second kappa shape index (κ2) is 8.19. The largest absolute Gasteiger partial charge is 0.481 e. The van der Waals surface area contributed by atoms with Crippen molar-refractivity contribution in [2.24, 2.45) is 0 Å². The van der Waals surface area contributed by atoms with Crippen LogP contribution in [0.15, 0.2) is 36.4 Å². The van der Waals surface area contributed by atoms with Crippen LogP contribution in [-0.4, -0.2) is 12.0 Å². The van der Waals surface area contributed by atoms with Gasteiger partial charge in [0.15, 0.2) is 6.10 Å². The summed E-state index contributed by atoms with van der Waals surface area (Å²) in [4.78, 5) is 12.6. The quantitative estimate of drug-likeness (QED) is 0.808. The van der Waals surface area contributed by atoms with E-state index >= 15 is 0 Å². The summed E-state index contributed by atoms with van der Waals surface area (Å²) in [5.74, 6) is 0.676. The predicted molar refractivity (Wildman–Crippen MR) is 103 cm³/mol. The number of amides is 1. The Kier molecular flexibility index (Phi) is 6.24. The lowest BCUT2D eigenvalue weighted by atomic mass is 9.97. The van der Waals surface area contributed by atoms with Gasteiger partial charge in [0.25, 0.3) is 5.91 Å². The lowest BCUT2D eigenvalue weighted by Gasteiger charge is -2.23. The van der Waals surface area contributed by atoms with E-state index in [2.05, 4.69) is 44.3 Å². The topological polar surface area (TPSA) is 38.3 Å². The summed E-state index contributed by atoms with van der Waals surface area (Å²) in [6.07, 6.45) is 0.298. The summed E-state index contributed by atoms with van der Waals surface area (Å²) < 4.78 is 5.91. The number of hydrogen-bond acceptors (Lipinski definition) is 2. The molecule has 0 spiro atoms. The predicted octanol–water partition coefficient (Wildman–Crippen LogP) is 4.96. The number of carbonyl (C=O) groups is 1. The average molecular weight is 339 g/mol. The molecule has 0 fully saturated rings. The van der Waals surface area contributed by atoms with Crippen LogP contribution in [-0.2, 0) is 4.79 Å². The minimum Gasteiger partial charge on any atom is -0.481 e. The summed E-state index contributed by atoms with van der Waals surface area (Å²) in [5.41, 5.74) is 5.76. The Morgan fingerprint density at radius 3 is 2.28 bits per heavy atom. The SMILES string of the molecule is CC[C@H](NC(=O)[C@@H](C)Oc1cc(C)ccc1C)c1ccc(C)cc1C. The van der Waals surface area contributed by atoms with Crippen LogP contribution in [0.25, 0.3) is 0 Å². The molecule has 2 aromatic rings. The zero-order valence-corrected chi connectivity index (χ0v) is 16.1. The second-order valence-electron chi connectivity index (χ2n) is 6.86. The van der Waals surface area contributed by atoms with Gasteiger partial charge in [0.2, 0.25) is 0 Å². The Balaban J connectivity index is 2.09. The van der Waals surface area contributed by atoms with Crippen LogP contribution in [0.4, 0.5) is 0 Å². The van der Waals surface area contributed by atoms with Gasteiger partial charge in [-0.2, -0.15) is 0 Å². The fourth-order valence-corrected chi connectivity index (χ4v) is 2.98. The van der Waals surface area contributed by atoms with E-state index in [1.165, 1.54) is 16.7 Å². The third kappa shape index (κ3) is 4.85. The molecule has 3 nitrogen and oxygen atoms in total. The number of nitrogens with one attached hydrogen (secondary N) is 1. The van der Waals surface area contributed by atoms with E-state index in [1.807, 2.05) is 32.0 Å². The van der Waals surface area contributed by atoms with Crippen molar-refractivity contribution in [3.8, 4) is 5.75 Å². The molecule has 0 saturated carbocycles. The van der Waals surface area contributed by atoms with E-state index in [1.54, 1.807) is 6.92 Å². The molecule has 0 aliphatic carbocycles. The van der Waals surface area contributed by atoms with Crippen LogP contribution in [0, 0.1) is 27.7 Å². The first-order chi connectivity index (χ1) is 11.8. The monoisotopic (exact) mass is 339 g/mol. The maximum absolute atomic E-state index is 12.6. The minimum absolute atomic E-state index is 0.00208. The molecule has 2 aromatic carbocycles. The fraction of sp³-hybridized carbons (Fsp3) is 0.409. The van der Waals surface area contributed by atoms with E-state index < -0.39 is 6.10 Å². The van der Waals surface area contributed by atoms with Crippen LogP contribution < -0.4 is 10.1 Å². The van der Waals surface area contributed by atoms with Crippen LogP contribution in [0.1, 0.15) is 54.1 Å².